The first-order valence-corrected chi connectivity index (χ1v) is 8.93. The van der Waals surface area contributed by atoms with Crippen molar-refractivity contribution in [3.8, 4) is 0 Å². The number of aromatic amines is 1. The number of fused-ring (bicyclic) bond motifs is 1. The average Bonchev–Trinajstić information content (AvgIpc) is 3.29. The third-order valence-electron chi connectivity index (χ3n) is 5.03. The zero-order valence-corrected chi connectivity index (χ0v) is 14.3. The Kier molecular flexibility index (Phi) is 4.19. The molecule has 0 radical (unpaired) electrons. The van der Waals surface area contributed by atoms with E-state index in [4.69, 9.17) is 11.6 Å². The number of rotatable bonds is 4. The molecule has 1 fully saturated rings. The van der Waals surface area contributed by atoms with E-state index < -0.39 is 0 Å². The molecule has 2 N–H and O–H groups in total. The van der Waals surface area contributed by atoms with Crippen LogP contribution in [0.4, 0.5) is 5.69 Å². The Morgan fingerprint density at radius 2 is 2.33 bits per heavy atom. The molecule has 1 aliphatic carbocycles. The summed E-state index contributed by atoms with van der Waals surface area (Å²) in [6, 6.07) is 7.95. The van der Waals surface area contributed by atoms with Crippen molar-refractivity contribution in [3.63, 3.8) is 0 Å². The first-order valence-electron chi connectivity index (χ1n) is 8.55. The highest BCUT2D eigenvalue weighted by Crippen LogP contribution is 2.26. The first-order chi connectivity index (χ1) is 11.7. The predicted molar refractivity (Wildman–Crippen MR) is 94.7 cm³/mol. The molecule has 24 heavy (non-hydrogen) atoms. The van der Waals surface area contributed by atoms with Crippen LogP contribution >= 0.6 is 11.6 Å². The van der Waals surface area contributed by atoms with Crippen LogP contribution < -0.4 is 10.2 Å². The molecule has 1 atom stereocenters. The summed E-state index contributed by atoms with van der Waals surface area (Å²) < 4.78 is 0. The molecule has 0 spiro atoms. The van der Waals surface area contributed by atoms with Gasteiger partial charge in [-0.05, 0) is 49.8 Å². The molecule has 1 aromatic carbocycles. The van der Waals surface area contributed by atoms with Gasteiger partial charge in [0.05, 0.1) is 0 Å². The second-order valence-electron chi connectivity index (χ2n) is 6.67. The Bertz CT molecular complexity index is 757. The van der Waals surface area contributed by atoms with Crippen LogP contribution in [0.5, 0.6) is 0 Å². The number of anilines is 1. The number of carbonyl (C=O) groups excluding carboxylic acids is 1. The zero-order chi connectivity index (χ0) is 16.5. The van der Waals surface area contributed by atoms with Crippen molar-refractivity contribution in [2.24, 2.45) is 5.92 Å². The van der Waals surface area contributed by atoms with Crippen LogP contribution in [0.1, 0.15) is 34.6 Å². The van der Waals surface area contributed by atoms with Gasteiger partial charge in [-0.3, -0.25) is 9.89 Å². The molecule has 1 unspecified atom stereocenters. The van der Waals surface area contributed by atoms with E-state index in [1.165, 1.54) is 0 Å². The Morgan fingerprint density at radius 1 is 1.42 bits per heavy atom. The Balaban J connectivity index is 1.33. The minimum Gasteiger partial charge on any atom is -0.371 e. The summed E-state index contributed by atoms with van der Waals surface area (Å²) in [5.41, 5.74) is 3.99. The van der Waals surface area contributed by atoms with E-state index in [0.717, 1.165) is 60.7 Å². The van der Waals surface area contributed by atoms with Crippen molar-refractivity contribution in [2.45, 2.75) is 25.7 Å². The van der Waals surface area contributed by atoms with E-state index in [2.05, 4.69) is 26.5 Å². The number of nitrogens with one attached hydrogen (secondary N) is 2. The maximum Gasteiger partial charge on any atom is 0.272 e. The number of hydrogen-bond donors (Lipinski definition) is 2. The molecular formula is C18H21ClN4O. The number of nitrogens with zero attached hydrogens (tertiary/aromatic N) is 2. The SMILES string of the molecule is O=C(NCC1CCN(c2cccc(Cl)c2)C1)c1n[nH]c2c1CCC2. The molecule has 1 amide bonds. The normalized spacial score (nSPS) is 19.5. The second kappa shape index (κ2) is 6.48. The fraction of sp³-hybridized carbons (Fsp3) is 0.444. The lowest BCUT2D eigenvalue weighted by Gasteiger charge is -2.19. The van der Waals surface area contributed by atoms with Gasteiger partial charge in [-0.25, -0.2) is 0 Å². The standard InChI is InChI=1S/C18H21ClN4O/c19-13-3-1-4-14(9-13)23-8-7-12(11-23)10-20-18(24)17-15-5-2-6-16(15)21-22-17/h1,3-4,9,12H,2,5-8,10-11H2,(H,20,24)(H,21,22). The highest BCUT2D eigenvalue weighted by molar-refractivity contribution is 6.30. The molecule has 0 saturated carbocycles. The third-order valence-corrected chi connectivity index (χ3v) is 5.27. The number of aryl methyl sites for hydroxylation is 1. The van der Waals surface area contributed by atoms with Crippen LogP contribution in [-0.4, -0.2) is 35.7 Å². The number of halogens is 1. The van der Waals surface area contributed by atoms with Gasteiger partial charge in [-0.2, -0.15) is 5.10 Å². The van der Waals surface area contributed by atoms with Gasteiger partial charge in [-0.1, -0.05) is 17.7 Å². The van der Waals surface area contributed by atoms with Gasteiger partial charge in [0.15, 0.2) is 5.69 Å². The second-order valence-corrected chi connectivity index (χ2v) is 7.11. The summed E-state index contributed by atoms with van der Waals surface area (Å²) in [6.45, 7) is 2.63. The molecule has 0 bridgehead atoms. The Labute approximate surface area is 146 Å². The molecule has 126 valence electrons. The summed E-state index contributed by atoms with van der Waals surface area (Å²) in [5.74, 6) is 0.413. The monoisotopic (exact) mass is 344 g/mol. The van der Waals surface area contributed by atoms with E-state index in [1.807, 2.05) is 18.2 Å². The molecular weight excluding hydrogens is 324 g/mol. The Hall–Kier alpha value is -2.01. The lowest BCUT2D eigenvalue weighted by molar-refractivity contribution is 0.0942. The van der Waals surface area contributed by atoms with Gasteiger partial charge in [0.25, 0.3) is 5.91 Å². The van der Waals surface area contributed by atoms with Gasteiger partial charge >= 0.3 is 0 Å². The third kappa shape index (κ3) is 3.00. The molecule has 2 heterocycles. The molecule has 1 aromatic heterocycles. The van der Waals surface area contributed by atoms with Gasteiger partial charge in [-0.15, -0.1) is 0 Å². The van der Waals surface area contributed by atoms with E-state index in [0.29, 0.717) is 18.2 Å². The maximum absolute atomic E-state index is 12.4. The van der Waals surface area contributed by atoms with Gasteiger partial charge < -0.3 is 10.2 Å². The highest BCUT2D eigenvalue weighted by Gasteiger charge is 2.26. The zero-order valence-electron chi connectivity index (χ0n) is 13.5. The van der Waals surface area contributed by atoms with Crippen LogP contribution in [0.2, 0.25) is 5.02 Å². The molecule has 2 aromatic rings. The number of amides is 1. The molecule has 2 aliphatic rings. The summed E-state index contributed by atoms with van der Waals surface area (Å²) in [6.07, 6.45) is 4.15. The van der Waals surface area contributed by atoms with Crippen molar-refractivity contribution in [3.05, 3.63) is 46.2 Å². The minimum atomic E-state index is -0.0457. The van der Waals surface area contributed by atoms with Crippen molar-refractivity contribution in [1.29, 1.82) is 0 Å². The summed E-state index contributed by atoms with van der Waals surface area (Å²) in [4.78, 5) is 14.7. The van der Waals surface area contributed by atoms with Gasteiger partial charge in [0.2, 0.25) is 0 Å². The average molecular weight is 345 g/mol. The fourth-order valence-electron chi connectivity index (χ4n) is 3.73. The van der Waals surface area contributed by atoms with Crippen molar-refractivity contribution < 1.29 is 4.79 Å². The van der Waals surface area contributed by atoms with Crippen molar-refractivity contribution >= 4 is 23.2 Å². The minimum absolute atomic E-state index is 0.0457. The lowest BCUT2D eigenvalue weighted by Crippen LogP contribution is -2.31. The van der Waals surface area contributed by atoms with Crippen LogP contribution in [0.15, 0.2) is 24.3 Å². The van der Waals surface area contributed by atoms with E-state index in [-0.39, 0.29) is 5.91 Å². The number of carbonyl (C=O) groups is 1. The summed E-state index contributed by atoms with van der Waals surface area (Å²) in [7, 11) is 0. The Morgan fingerprint density at radius 3 is 3.21 bits per heavy atom. The quantitative estimate of drug-likeness (QED) is 0.896. The molecule has 6 heteroatoms. The number of hydrogen-bond acceptors (Lipinski definition) is 3. The number of H-pyrrole nitrogens is 1. The molecule has 5 nitrogen and oxygen atoms in total. The topological polar surface area (TPSA) is 61.0 Å². The largest absolute Gasteiger partial charge is 0.371 e. The summed E-state index contributed by atoms with van der Waals surface area (Å²) >= 11 is 6.07. The van der Waals surface area contributed by atoms with Crippen LogP contribution in [0, 0.1) is 5.92 Å². The first kappa shape index (κ1) is 15.5. The number of benzene rings is 1. The molecule has 4 rings (SSSR count). The smallest absolute Gasteiger partial charge is 0.272 e. The molecule has 1 saturated heterocycles. The summed E-state index contributed by atoms with van der Waals surface area (Å²) in [5, 5.41) is 11.0. The maximum atomic E-state index is 12.4. The van der Waals surface area contributed by atoms with Crippen molar-refractivity contribution in [2.75, 3.05) is 24.5 Å². The van der Waals surface area contributed by atoms with Gasteiger partial charge in [0, 0.05) is 41.6 Å². The van der Waals surface area contributed by atoms with E-state index in [1.54, 1.807) is 0 Å². The van der Waals surface area contributed by atoms with Crippen LogP contribution in [-0.2, 0) is 12.8 Å². The number of aromatic nitrogens is 2. The van der Waals surface area contributed by atoms with Crippen molar-refractivity contribution in [1.82, 2.24) is 15.5 Å². The van der Waals surface area contributed by atoms with Crippen LogP contribution in [0.25, 0.3) is 0 Å². The fourth-order valence-corrected chi connectivity index (χ4v) is 3.92. The van der Waals surface area contributed by atoms with Gasteiger partial charge in [0.1, 0.15) is 0 Å². The predicted octanol–water partition coefficient (Wildman–Crippen LogP) is 2.81. The van der Waals surface area contributed by atoms with E-state index >= 15 is 0 Å². The highest BCUT2D eigenvalue weighted by atomic mass is 35.5. The lowest BCUT2D eigenvalue weighted by atomic mass is 10.1. The van der Waals surface area contributed by atoms with Crippen LogP contribution in [0.3, 0.4) is 0 Å². The molecule has 1 aliphatic heterocycles. The van der Waals surface area contributed by atoms with E-state index in [9.17, 15) is 4.79 Å².